The Morgan fingerprint density at radius 1 is 1.65 bits per heavy atom. The molecule has 6 nitrogen and oxygen atoms in total. The second-order valence-electron chi connectivity index (χ2n) is 4.46. The van der Waals surface area contributed by atoms with Gasteiger partial charge in [0.15, 0.2) is 0 Å². The number of carbonyl (C=O) groups excluding carboxylic acids is 1. The number of likely N-dealkylation sites (N-methyl/N-ethyl adjacent to an activating group) is 1. The molecule has 3 N–H and O–H groups in total. The number of hydrogen-bond acceptors (Lipinski definition) is 4. The van der Waals surface area contributed by atoms with Gasteiger partial charge in [0.05, 0.1) is 13.1 Å². The lowest BCUT2D eigenvalue weighted by molar-refractivity contribution is -0.122. The highest BCUT2D eigenvalue weighted by Crippen LogP contribution is 1.96. The van der Waals surface area contributed by atoms with Gasteiger partial charge in [-0.25, -0.2) is 0 Å². The van der Waals surface area contributed by atoms with Gasteiger partial charge in [-0.05, 0) is 27.0 Å². The van der Waals surface area contributed by atoms with Gasteiger partial charge in [0.2, 0.25) is 5.91 Å². The normalized spacial score (nSPS) is 11.1. The third kappa shape index (κ3) is 5.35. The molecule has 6 heteroatoms. The zero-order valence-corrected chi connectivity index (χ0v) is 10.7. The van der Waals surface area contributed by atoms with Crippen molar-refractivity contribution in [2.45, 2.75) is 26.4 Å². The highest BCUT2D eigenvalue weighted by molar-refractivity contribution is 5.78. The first kappa shape index (κ1) is 13.5. The van der Waals surface area contributed by atoms with E-state index >= 15 is 0 Å². The second-order valence-corrected chi connectivity index (χ2v) is 4.46. The maximum atomic E-state index is 11.5. The Bertz CT molecular complexity index is 360. The van der Waals surface area contributed by atoms with E-state index in [0.29, 0.717) is 12.4 Å². The Morgan fingerprint density at radius 3 is 2.88 bits per heavy atom. The largest absolute Gasteiger partial charge is 0.382 e. The number of carbonyl (C=O) groups is 1. The summed E-state index contributed by atoms with van der Waals surface area (Å²) < 4.78 is 1.77. The number of amides is 1. The molecule has 0 aromatic carbocycles. The van der Waals surface area contributed by atoms with Gasteiger partial charge in [-0.2, -0.15) is 5.10 Å². The summed E-state index contributed by atoms with van der Waals surface area (Å²) in [6.07, 6.45) is 1.83. The Hall–Kier alpha value is -1.56. The highest BCUT2D eigenvalue weighted by atomic mass is 16.2. The van der Waals surface area contributed by atoms with Crippen molar-refractivity contribution in [1.29, 1.82) is 0 Å². The van der Waals surface area contributed by atoms with Crippen LogP contribution in [0.3, 0.4) is 0 Å². The van der Waals surface area contributed by atoms with Crippen LogP contribution in [0.15, 0.2) is 12.3 Å². The summed E-state index contributed by atoms with van der Waals surface area (Å²) in [5.74, 6) is 0.563. The molecule has 0 bridgehead atoms. The van der Waals surface area contributed by atoms with Crippen molar-refractivity contribution in [1.82, 2.24) is 20.0 Å². The van der Waals surface area contributed by atoms with E-state index in [4.69, 9.17) is 5.73 Å². The van der Waals surface area contributed by atoms with Gasteiger partial charge in [0.25, 0.3) is 0 Å². The number of anilines is 1. The molecular formula is C11H21N5O. The molecule has 1 aromatic rings. The van der Waals surface area contributed by atoms with Crippen molar-refractivity contribution in [3.63, 3.8) is 0 Å². The van der Waals surface area contributed by atoms with Crippen LogP contribution in [0.1, 0.15) is 13.8 Å². The van der Waals surface area contributed by atoms with Gasteiger partial charge in [-0.3, -0.25) is 14.4 Å². The summed E-state index contributed by atoms with van der Waals surface area (Å²) in [6.45, 7) is 5.78. The average Bonchev–Trinajstić information content (AvgIpc) is 2.59. The predicted molar refractivity (Wildman–Crippen MR) is 67.4 cm³/mol. The van der Waals surface area contributed by atoms with Crippen LogP contribution >= 0.6 is 0 Å². The molecule has 0 unspecified atom stereocenters. The van der Waals surface area contributed by atoms with Crippen molar-refractivity contribution < 1.29 is 4.79 Å². The first-order valence-corrected chi connectivity index (χ1v) is 5.74. The van der Waals surface area contributed by atoms with E-state index in [1.165, 1.54) is 0 Å². The van der Waals surface area contributed by atoms with Gasteiger partial charge in [0, 0.05) is 18.8 Å². The monoisotopic (exact) mass is 239 g/mol. The summed E-state index contributed by atoms with van der Waals surface area (Å²) in [4.78, 5) is 13.4. The molecule has 1 rings (SSSR count). The third-order valence-electron chi connectivity index (χ3n) is 2.24. The standard InChI is InChI=1S/C11H21N5O/c1-9(2)13-11(17)8-15(3)6-7-16-5-4-10(12)14-16/h4-5,9H,6-8H2,1-3H3,(H2,12,14)(H,13,17). The van der Waals surface area contributed by atoms with E-state index in [1.54, 1.807) is 10.7 Å². The first-order chi connectivity index (χ1) is 7.97. The number of nitrogens with one attached hydrogen (secondary N) is 1. The Labute approximate surface area is 102 Å². The number of nitrogen functional groups attached to an aromatic ring is 1. The SMILES string of the molecule is CC(C)NC(=O)CN(C)CCn1ccc(N)n1. The van der Waals surface area contributed by atoms with Gasteiger partial charge in [0.1, 0.15) is 5.82 Å². The van der Waals surface area contributed by atoms with E-state index in [2.05, 4.69) is 10.4 Å². The molecular weight excluding hydrogens is 218 g/mol. The zero-order chi connectivity index (χ0) is 12.8. The quantitative estimate of drug-likeness (QED) is 0.728. The Morgan fingerprint density at radius 2 is 2.35 bits per heavy atom. The van der Waals surface area contributed by atoms with E-state index < -0.39 is 0 Å². The fourth-order valence-electron chi connectivity index (χ4n) is 1.47. The van der Waals surface area contributed by atoms with Crippen LogP contribution in [0.25, 0.3) is 0 Å². The van der Waals surface area contributed by atoms with Crippen LogP contribution in [-0.2, 0) is 11.3 Å². The van der Waals surface area contributed by atoms with Crippen molar-refractivity contribution in [2.75, 3.05) is 25.9 Å². The number of nitrogens with two attached hydrogens (primary N) is 1. The Kier molecular flexibility index (Phi) is 4.96. The molecule has 1 amide bonds. The fourth-order valence-corrected chi connectivity index (χ4v) is 1.47. The highest BCUT2D eigenvalue weighted by Gasteiger charge is 2.07. The molecule has 0 saturated heterocycles. The van der Waals surface area contributed by atoms with Gasteiger partial charge >= 0.3 is 0 Å². The number of nitrogens with zero attached hydrogens (tertiary/aromatic N) is 3. The number of aromatic nitrogens is 2. The lowest BCUT2D eigenvalue weighted by Gasteiger charge is -2.17. The summed E-state index contributed by atoms with van der Waals surface area (Å²) in [5.41, 5.74) is 5.51. The Balaban J connectivity index is 2.25. The van der Waals surface area contributed by atoms with Crippen molar-refractivity contribution in [2.24, 2.45) is 0 Å². The molecule has 0 aliphatic heterocycles. The van der Waals surface area contributed by atoms with Gasteiger partial charge < -0.3 is 11.1 Å². The molecule has 0 radical (unpaired) electrons. The summed E-state index contributed by atoms with van der Waals surface area (Å²) >= 11 is 0. The second kappa shape index (κ2) is 6.24. The molecule has 1 heterocycles. The lowest BCUT2D eigenvalue weighted by atomic mass is 10.4. The lowest BCUT2D eigenvalue weighted by Crippen LogP contribution is -2.39. The summed E-state index contributed by atoms with van der Waals surface area (Å²) in [5, 5.41) is 6.93. The molecule has 0 saturated carbocycles. The minimum absolute atomic E-state index is 0.0440. The van der Waals surface area contributed by atoms with Crippen LogP contribution in [0.5, 0.6) is 0 Å². The summed E-state index contributed by atoms with van der Waals surface area (Å²) in [7, 11) is 1.91. The van der Waals surface area contributed by atoms with E-state index in [1.807, 2.05) is 32.0 Å². The van der Waals surface area contributed by atoms with Crippen LogP contribution < -0.4 is 11.1 Å². The first-order valence-electron chi connectivity index (χ1n) is 5.74. The van der Waals surface area contributed by atoms with E-state index in [0.717, 1.165) is 13.1 Å². The summed E-state index contributed by atoms with van der Waals surface area (Å²) in [6, 6.07) is 1.94. The van der Waals surface area contributed by atoms with Crippen LogP contribution in [0, 0.1) is 0 Å². The molecule has 0 spiro atoms. The minimum atomic E-state index is 0.0440. The molecule has 17 heavy (non-hydrogen) atoms. The van der Waals surface area contributed by atoms with Crippen molar-refractivity contribution in [3.8, 4) is 0 Å². The van der Waals surface area contributed by atoms with Gasteiger partial charge in [-0.1, -0.05) is 0 Å². The minimum Gasteiger partial charge on any atom is -0.382 e. The molecule has 0 atom stereocenters. The predicted octanol–water partition coefficient (Wildman–Crippen LogP) is -0.0783. The zero-order valence-electron chi connectivity index (χ0n) is 10.7. The van der Waals surface area contributed by atoms with Crippen LogP contribution in [0.2, 0.25) is 0 Å². The smallest absolute Gasteiger partial charge is 0.234 e. The topological polar surface area (TPSA) is 76.2 Å². The number of hydrogen-bond donors (Lipinski definition) is 2. The van der Waals surface area contributed by atoms with Crippen LogP contribution in [-0.4, -0.2) is 46.8 Å². The van der Waals surface area contributed by atoms with E-state index in [9.17, 15) is 4.79 Å². The number of rotatable bonds is 6. The van der Waals surface area contributed by atoms with Crippen molar-refractivity contribution >= 4 is 11.7 Å². The maximum Gasteiger partial charge on any atom is 0.234 e. The molecule has 0 aliphatic carbocycles. The maximum absolute atomic E-state index is 11.5. The molecule has 1 aromatic heterocycles. The van der Waals surface area contributed by atoms with E-state index in [-0.39, 0.29) is 11.9 Å². The molecule has 0 aliphatic rings. The van der Waals surface area contributed by atoms with Crippen LogP contribution in [0.4, 0.5) is 5.82 Å². The third-order valence-corrected chi connectivity index (χ3v) is 2.24. The average molecular weight is 239 g/mol. The molecule has 0 fully saturated rings. The van der Waals surface area contributed by atoms with Gasteiger partial charge in [-0.15, -0.1) is 0 Å². The molecule has 96 valence electrons. The fraction of sp³-hybridized carbons (Fsp3) is 0.636. The van der Waals surface area contributed by atoms with Crippen molar-refractivity contribution in [3.05, 3.63) is 12.3 Å².